The van der Waals surface area contributed by atoms with Crippen molar-refractivity contribution in [1.82, 2.24) is 0 Å². The quantitative estimate of drug-likeness (QED) is 0.786. The molecule has 0 radical (unpaired) electrons. The van der Waals surface area contributed by atoms with Crippen LogP contribution >= 0.6 is 0 Å². The first-order valence-corrected chi connectivity index (χ1v) is 8.62. The highest BCUT2D eigenvalue weighted by molar-refractivity contribution is 5.94. The molecule has 2 aromatic rings. The van der Waals surface area contributed by atoms with E-state index in [4.69, 9.17) is 4.74 Å². The SMILES string of the molecule is CCCCOc1cccc(NC(=O)CN2CCc3ccccc32)c1. The molecule has 1 aliphatic rings. The van der Waals surface area contributed by atoms with E-state index in [1.165, 1.54) is 11.3 Å². The van der Waals surface area contributed by atoms with Crippen molar-refractivity contribution in [2.75, 3.05) is 29.9 Å². The zero-order valence-electron chi connectivity index (χ0n) is 14.1. The number of benzene rings is 2. The van der Waals surface area contributed by atoms with Gasteiger partial charge >= 0.3 is 0 Å². The fourth-order valence-corrected chi connectivity index (χ4v) is 2.94. The van der Waals surface area contributed by atoms with Crippen LogP contribution in [-0.4, -0.2) is 25.6 Å². The highest BCUT2D eigenvalue weighted by Crippen LogP contribution is 2.27. The van der Waals surface area contributed by atoms with Gasteiger partial charge in [0.1, 0.15) is 5.75 Å². The van der Waals surface area contributed by atoms with Gasteiger partial charge in [-0.05, 0) is 36.6 Å². The van der Waals surface area contributed by atoms with Crippen molar-refractivity contribution in [2.24, 2.45) is 0 Å². The summed E-state index contributed by atoms with van der Waals surface area (Å²) in [5.41, 5.74) is 3.27. The van der Waals surface area contributed by atoms with Gasteiger partial charge in [-0.15, -0.1) is 0 Å². The van der Waals surface area contributed by atoms with Crippen LogP contribution in [0, 0.1) is 0 Å². The van der Waals surface area contributed by atoms with Crippen molar-refractivity contribution in [1.29, 1.82) is 0 Å². The fourth-order valence-electron chi connectivity index (χ4n) is 2.94. The van der Waals surface area contributed by atoms with Crippen molar-refractivity contribution < 1.29 is 9.53 Å². The van der Waals surface area contributed by atoms with Gasteiger partial charge in [0.25, 0.3) is 0 Å². The highest BCUT2D eigenvalue weighted by atomic mass is 16.5. The number of fused-ring (bicyclic) bond motifs is 1. The van der Waals surface area contributed by atoms with E-state index in [-0.39, 0.29) is 5.91 Å². The molecule has 1 heterocycles. The van der Waals surface area contributed by atoms with E-state index in [9.17, 15) is 4.79 Å². The van der Waals surface area contributed by atoms with Crippen LogP contribution in [0.25, 0.3) is 0 Å². The van der Waals surface area contributed by atoms with Gasteiger partial charge in [-0.3, -0.25) is 4.79 Å². The normalized spacial score (nSPS) is 12.8. The Bertz CT molecular complexity index is 700. The number of carbonyl (C=O) groups excluding carboxylic acids is 1. The fraction of sp³-hybridized carbons (Fsp3) is 0.350. The summed E-state index contributed by atoms with van der Waals surface area (Å²) in [4.78, 5) is 14.5. The molecule has 0 saturated heterocycles. The van der Waals surface area contributed by atoms with E-state index >= 15 is 0 Å². The molecule has 4 heteroatoms. The molecule has 0 spiro atoms. The molecule has 0 aliphatic carbocycles. The third-order valence-corrected chi connectivity index (χ3v) is 4.20. The number of hydrogen-bond donors (Lipinski definition) is 1. The predicted molar refractivity (Wildman–Crippen MR) is 97.8 cm³/mol. The molecule has 1 aliphatic heterocycles. The third-order valence-electron chi connectivity index (χ3n) is 4.20. The molecule has 0 saturated carbocycles. The van der Waals surface area contributed by atoms with Crippen molar-refractivity contribution >= 4 is 17.3 Å². The molecular formula is C20H24N2O2. The number of carbonyl (C=O) groups is 1. The molecular weight excluding hydrogens is 300 g/mol. The Morgan fingerprint density at radius 1 is 1.21 bits per heavy atom. The summed E-state index contributed by atoms with van der Waals surface area (Å²) in [6.45, 7) is 4.11. The number of rotatable bonds is 7. The maximum Gasteiger partial charge on any atom is 0.243 e. The van der Waals surface area contributed by atoms with Crippen LogP contribution in [0.1, 0.15) is 25.3 Å². The van der Waals surface area contributed by atoms with Gasteiger partial charge in [0.05, 0.1) is 13.2 Å². The monoisotopic (exact) mass is 324 g/mol. The lowest BCUT2D eigenvalue weighted by Gasteiger charge is -2.18. The zero-order valence-corrected chi connectivity index (χ0v) is 14.1. The van der Waals surface area contributed by atoms with Crippen molar-refractivity contribution in [3.8, 4) is 5.75 Å². The highest BCUT2D eigenvalue weighted by Gasteiger charge is 2.20. The Morgan fingerprint density at radius 3 is 2.96 bits per heavy atom. The lowest BCUT2D eigenvalue weighted by atomic mass is 10.2. The number of ether oxygens (including phenoxy) is 1. The number of anilines is 2. The largest absolute Gasteiger partial charge is 0.494 e. The first-order chi connectivity index (χ1) is 11.8. The van der Waals surface area contributed by atoms with Gasteiger partial charge in [0, 0.05) is 24.0 Å². The lowest BCUT2D eigenvalue weighted by molar-refractivity contribution is -0.115. The first-order valence-electron chi connectivity index (χ1n) is 8.62. The van der Waals surface area contributed by atoms with Gasteiger partial charge in [0.2, 0.25) is 5.91 Å². The minimum absolute atomic E-state index is 0.00240. The van der Waals surface area contributed by atoms with Gasteiger partial charge in [-0.2, -0.15) is 0 Å². The van der Waals surface area contributed by atoms with Gasteiger partial charge < -0.3 is 15.0 Å². The van der Waals surface area contributed by atoms with E-state index in [2.05, 4.69) is 29.3 Å². The van der Waals surface area contributed by atoms with E-state index in [0.29, 0.717) is 13.2 Å². The first kappa shape index (κ1) is 16.4. The second-order valence-corrected chi connectivity index (χ2v) is 6.08. The number of nitrogens with zero attached hydrogens (tertiary/aromatic N) is 1. The smallest absolute Gasteiger partial charge is 0.243 e. The standard InChI is InChI=1S/C20H24N2O2/c1-2-3-13-24-18-9-6-8-17(14-18)21-20(23)15-22-12-11-16-7-4-5-10-19(16)22/h4-10,14H,2-3,11-13,15H2,1H3,(H,21,23). The van der Waals surface area contributed by atoms with E-state index in [0.717, 1.165) is 37.2 Å². The molecule has 2 aromatic carbocycles. The van der Waals surface area contributed by atoms with Crippen LogP contribution in [0.4, 0.5) is 11.4 Å². The molecule has 0 fully saturated rings. The summed E-state index contributed by atoms with van der Waals surface area (Å²) in [5, 5.41) is 2.97. The van der Waals surface area contributed by atoms with Crippen molar-refractivity contribution in [3.05, 3.63) is 54.1 Å². The summed E-state index contributed by atoms with van der Waals surface area (Å²) < 4.78 is 5.69. The molecule has 3 rings (SSSR count). The Morgan fingerprint density at radius 2 is 2.08 bits per heavy atom. The van der Waals surface area contributed by atoms with E-state index in [1.807, 2.05) is 36.4 Å². The molecule has 126 valence electrons. The molecule has 0 aromatic heterocycles. The minimum atomic E-state index is -0.00240. The van der Waals surface area contributed by atoms with E-state index in [1.54, 1.807) is 0 Å². The van der Waals surface area contributed by atoms with E-state index < -0.39 is 0 Å². The van der Waals surface area contributed by atoms with Crippen LogP contribution in [0.3, 0.4) is 0 Å². The van der Waals surface area contributed by atoms with Crippen LogP contribution < -0.4 is 15.0 Å². The Balaban J connectivity index is 1.57. The van der Waals surface area contributed by atoms with Crippen molar-refractivity contribution in [3.63, 3.8) is 0 Å². The predicted octanol–water partition coefficient (Wildman–Crippen LogP) is 3.87. The maximum absolute atomic E-state index is 12.4. The number of hydrogen-bond acceptors (Lipinski definition) is 3. The summed E-state index contributed by atoms with van der Waals surface area (Å²) >= 11 is 0. The Labute approximate surface area is 143 Å². The summed E-state index contributed by atoms with van der Waals surface area (Å²) in [7, 11) is 0. The summed E-state index contributed by atoms with van der Waals surface area (Å²) in [6.07, 6.45) is 3.14. The number of nitrogens with one attached hydrogen (secondary N) is 1. The Kier molecular flexibility index (Phi) is 5.36. The molecule has 0 unspecified atom stereocenters. The van der Waals surface area contributed by atoms with Gasteiger partial charge in [-0.1, -0.05) is 37.6 Å². The maximum atomic E-state index is 12.4. The molecule has 1 amide bonds. The molecule has 4 nitrogen and oxygen atoms in total. The van der Waals surface area contributed by atoms with Gasteiger partial charge in [0.15, 0.2) is 0 Å². The summed E-state index contributed by atoms with van der Waals surface area (Å²) in [5.74, 6) is 0.796. The van der Waals surface area contributed by atoms with Crippen LogP contribution in [0.5, 0.6) is 5.75 Å². The Hall–Kier alpha value is -2.49. The molecule has 24 heavy (non-hydrogen) atoms. The van der Waals surface area contributed by atoms with Crippen LogP contribution in [0.2, 0.25) is 0 Å². The second kappa shape index (κ2) is 7.86. The topological polar surface area (TPSA) is 41.6 Å². The van der Waals surface area contributed by atoms with Gasteiger partial charge in [-0.25, -0.2) is 0 Å². The zero-order chi connectivity index (χ0) is 16.8. The third kappa shape index (κ3) is 4.07. The van der Waals surface area contributed by atoms with Crippen LogP contribution in [-0.2, 0) is 11.2 Å². The average molecular weight is 324 g/mol. The molecule has 0 bridgehead atoms. The summed E-state index contributed by atoms with van der Waals surface area (Å²) in [6, 6.07) is 15.9. The average Bonchev–Trinajstić information content (AvgIpc) is 2.99. The number of unbranched alkanes of at least 4 members (excludes halogenated alkanes) is 1. The van der Waals surface area contributed by atoms with Crippen LogP contribution in [0.15, 0.2) is 48.5 Å². The molecule has 1 N–H and O–H groups in total. The lowest BCUT2D eigenvalue weighted by Crippen LogP contribution is -2.31. The number of amides is 1. The molecule has 0 atom stereocenters. The number of para-hydroxylation sites is 1. The minimum Gasteiger partial charge on any atom is -0.494 e. The van der Waals surface area contributed by atoms with Crippen molar-refractivity contribution in [2.45, 2.75) is 26.2 Å². The second-order valence-electron chi connectivity index (χ2n) is 6.08.